The lowest BCUT2D eigenvalue weighted by Gasteiger charge is -2.05. The van der Waals surface area contributed by atoms with Gasteiger partial charge in [-0.25, -0.2) is 0 Å². The molecule has 0 saturated heterocycles. The first-order valence-electron chi connectivity index (χ1n) is 5.25. The summed E-state index contributed by atoms with van der Waals surface area (Å²) in [6.07, 6.45) is 0.767. The van der Waals surface area contributed by atoms with Gasteiger partial charge in [0.2, 0.25) is 5.16 Å². The van der Waals surface area contributed by atoms with Crippen LogP contribution in [0.3, 0.4) is 0 Å². The average Bonchev–Trinajstić information content (AvgIpc) is 2.85. The van der Waals surface area contributed by atoms with Crippen LogP contribution in [-0.2, 0) is 0 Å². The fourth-order valence-electron chi connectivity index (χ4n) is 1.31. The van der Waals surface area contributed by atoms with E-state index in [1.165, 1.54) is 11.8 Å². The average molecular weight is 245 g/mol. The van der Waals surface area contributed by atoms with E-state index in [9.17, 15) is 0 Å². The van der Waals surface area contributed by atoms with Crippen molar-refractivity contribution in [3.63, 3.8) is 0 Å². The lowest BCUT2D eigenvalue weighted by molar-refractivity contribution is 0.755. The number of nitrogens with zero attached hydrogens (tertiary/aromatic N) is 5. The van der Waals surface area contributed by atoms with Gasteiger partial charge in [0.05, 0.1) is 17.0 Å². The highest BCUT2D eigenvalue weighted by molar-refractivity contribution is 8.00. The number of tetrazole rings is 1. The predicted octanol–water partition coefficient (Wildman–Crippen LogP) is 2.06. The Balaban J connectivity index is 2.27. The van der Waals surface area contributed by atoms with Crippen LogP contribution in [0, 0.1) is 11.3 Å². The second kappa shape index (κ2) is 5.46. The molecule has 0 aliphatic rings. The Morgan fingerprint density at radius 3 is 2.82 bits per heavy atom. The van der Waals surface area contributed by atoms with Crippen molar-refractivity contribution in [1.29, 1.82) is 5.26 Å². The molecule has 5 nitrogen and oxygen atoms in total. The molecule has 1 aromatic heterocycles. The van der Waals surface area contributed by atoms with E-state index in [1.54, 1.807) is 4.68 Å². The molecular weight excluding hydrogens is 234 g/mol. The number of hydrogen-bond acceptors (Lipinski definition) is 5. The van der Waals surface area contributed by atoms with Crippen molar-refractivity contribution in [2.75, 3.05) is 0 Å². The van der Waals surface area contributed by atoms with Gasteiger partial charge in [0.1, 0.15) is 0 Å². The summed E-state index contributed by atoms with van der Waals surface area (Å²) in [5.74, 6) is 0. The SMILES string of the molecule is CCC(C#N)Sc1nnnn1-c1ccccc1. The lowest BCUT2D eigenvalue weighted by Crippen LogP contribution is -2.02. The van der Waals surface area contributed by atoms with Crippen LogP contribution in [0.25, 0.3) is 5.69 Å². The van der Waals surface area contributed by atoms with Crippen LogP contribution in [0.2, 0.25) is 0 Å². The van der Waals surface area contributed by atoms with Gasteiger partial charge in [-0.2, -0.15) is 9.94 Å². The standard InChI is InChI=1S/C11H11N5S/c1-2-10(8-12)17-11-13-14-15-16(11)9-6-4-3-5-7-9/h3-7,10H,2H2,1H3. The molecule has 0 saturated carbocycles. The molecule has 0 radical (unpaired) electrons. The molecule has 17 heavy (non-hydrogen) atoms. The molecule has 0 bridgehead atoms. The summed E-state index contributed by atoms with van der Waals surface area (Å²) in [4.78, 5) is 0. The predicted molar refractivity (Wildman–Crippen MR) is 64.7 cm³/mol. The van der Waals surface area contributed by atoms with Gasteiger partial charge in [0, 0.05) is 0 Å². The first kappa shape index (κ1) is 11.6. The molecule has 0 spiro atoms. The quantitative estimate of drug-likeness (QED) is 0.771. The summed E-state index contributed by atoms with van der Waals surface area (Å²) in [5, 5.41) is 21.0. The summed E-state index contributed by atoms with van der Waals surface area (Å²) >= 11 is 1.38. The number of aromatic nitrogens is 4. The molecule has 2 rings (SSSR count). The number of hydrogen-bond donors (Lipinski definition) is 0. The maximum absolute atomic E-state index is 8.94. The molecule has 1 heterocycles. The van der Waals surface area contributed by atoms with Gasteiger partial charge >= 0.3 is 0 Å². The zero-order valence-corrected chi connectivity index (χ0v) is 10.1. The molecule has 1 atom stereocenters. The Labute approximate surface area is 103 Å². The summed E-state index contributed by atoms with van der Waals surface area (Å²) in [7, 11) is 0. The van der Waals surface area contributed by atoms with E-state index >= 15 is 0 Å². The van der Waals surface area contributed by atoms with Crippen LogP contribution < -0.4 is 0 Å². The van der Waals surface area contributed by atoms with E-state index in [0.717, 1.165) is 12.1 Å². The van der Waals surface area contributed by atoms with Crippen molar-refractivity contribution >= 4 is 11.8 Å². The summed E-state index contributed by atoms with van der Waals surface area (Å²) < 4.78 is 1.64. The minimum absolute atomic E-state index is 0.122. The third kappa shape index (κ3) is 2.63. The molecule has 2 aromatic rings. The fraction of sp³-hybridized carbons (Fsp3) is 0.273. The Kier molecular flexibility index (Phi) is 3.73. The summed E-state index contributed by atoms with van der Waals surface area (Å²) in [5.41, 5.74) is 0.896. The third-order valence-corrected chi connectivity index (χ3v) is 3.39. The Morgan fingerprint density at radius 1 is 1.41 bits per heavy atom. The Bertz CT molecular complexity index is 516. The number of rotatable bonds is 4. The Morgan fingerprint density at radius 2 is 2.18 bits per heavy atom. The van der Waals surface area contributed by atoms with E-state index in [0.29, 0.717) is 5.16 Å². The highest BCUT2D eigenvalue weighted by Crippen LogP contribution is 2.24. The normalized spacial score (nSPS) is 12.0. The number of para-hydroxylation sites is 1. The summed E-state index contributed by atoms with van der Waals surface area (Å²) in [6.45, 7) is 1.97. The monoisotopic (exact) mass is 245 g/mol. The number of benzene rings is 1. The molecule has 0 aliphatic heterocycles. The Hall–Kier alpha value is -1.87. The molecule has 1 unspecified atom stereocenters. The smallest absolute Gasteiger partial charge is 0.197 e. The van der Waals surface area contributed by atoms with Crippen LogP contribution in [0.1, 0.15) is 13.3 Å². The van der Waals surface area contributed by atoms with Crippen LogP contribution in [-0.4, -0.2) is 25.5 Å². The second-order valence-electron chi connectivity index (χ2n) is 3.35. The van der Waals surface area contributed by atoms with Crippen molar-refractivity contribution in [3.05, 3.63) is 30.3 Å². The van der Waals surface area contributed by atoms with E-state index < -0.39 is 0 Å². The highest BCUT2D eigenvalue weighted by atomic mass is 32.2. The third-order valence-electron chi connectivity index (χ3n) is 2.20. The van der Waals surface area contributed by atoms with Gasteiger partial charge in [-0.3, -0.25) is 0 Å². The molecule has 0 fully saturated rings. The van der Waals surface area contributed by atoms with Crippen LogP contribution in [0.5, 0.6) is 0 Å². The largest absolute Gasteiger partial charge is 0.215 e. The molecule has 86 valence electrons. The van der Waals surface area contributed by atoms with Crippen LogP contribution in [0.4, 0.5) is 0 Å². The van der Waals surface area contributed by atoms with Crippen molar-refractivity contribution in [2.24, 2.45) is 0 Å². The van der Waals surface area contributed by atoms with Gasteiger partial charge < -0.3 is 0 Å². The maximum atomic E-state index is 8.94. The van der Waals surface area contributed by atoms with Gasteiger partial charge in [-0.1, -0.05) is 36.9 Å². The van der Waals surface area contributed by atoms with E-state index in [1.807, 2.05) is 37.3 Å². The molecular formula is C11H11N5S. The zero-order chi connectivity index (χ0) is 12.1. The first-order valence-corrected chi connectivity index (χ1v) is 6.13. The minimum Gasteiger partial charge on any atom is -0.197 e. The first-order chi connectivity index (χ1) is 8.35. The molecule has 0 N–H and O–H groups in total. The van der Waals surface area contributed by atoms with Crippen LogP contribution >= 0.6 is 11.8 Å². The number of nitriles is 1. The zero-order valence-electron chi connectivity index (χ0n) is 9.32. The molecule has 0 aliphatic carbocycles. The molecule has 6 heteroatoms. The lowest BCUT2D eigenvalue weighted by atomic mass is 10.3. The van der Waals surface area contributed by atoms with Crippen LogP contribution in [0.15, 0.2) is 35.5 Å². The van der Waals surface area contributed by atoms with Gasteiger partial charge in [-0.05, 0) is 29.0 Å². The van der Waals surface area contributed by atoms with E-state index in [-0.39, 0.29) is 5.25 Å². The van der Waals surface area contributed by atoms with E-state index in [4.69, 9.17) is 5.26 Å². The van der Waals surface area contributed by atoms with Crippen molar-refractivity contribution in [3.8, 4) is 11.8 Å². The minimum atomic E-state index is -0.122. The molecule has 0 amide bonds. The van der Waals surface area contributed by atoms with Gasteiger partial charge in [0.15, 0.2) is 0 Å². The molecule has 1 aromatic carbocycles. The maximum Gasteiger partial charge on any atom is 0.215 e. The van der Waals surface area contributed by atoms with Crippen molar-refractivity contribution in [1.82, 2.24) is 20.2 Å². The van der Waals surface area contributed by atoms with E-state index in [2.05, 4.69) is 21.6 Å². The van der Waals surface area contributed by atoms with Crippen molar-refractivity contribution in [2.45, 2.75) is 23.8 Å². The topological polar surface area (TPSA) is 67.4 Å². The van der Waals surface area contributed by atoms with Crippen molar-refractivity contribution < 1.29 is 0 Å². The summed E-state index contributed by atoms with van der Waals surface area (Å²) in [6, 6.07) is 11.9. The number of thioether (sulfide) groups is 1. The highest BCUT2D eigenvalue weighted by Gasteiger charge is 2.14. The fourth-order valence-corrected chi connectivity index (χ4v) is 2.11. The second-order valence-corrected chi connectivity index (χ2v) is 4.52. The van der Waals surface area contributed by atoms with Gasteiger partial charge in [0.25, 0.3) is 0 Å². The van der Waals surface area contributed by atoms with Gasteiger partial charge in [-0.15, -0.1) is 5.10 Å².